The minimum atomic E-state index is 0.303. The molecule has 0 unspecified atom stereocenters. The van der Waals surface area contributed by atoms with Crippen LogP contribution in [0, 0.1) is 6.92 Å². The monoisotopic (exact) mass is 302 g/mol. The second kappa shape index (κ2) is 8.65. The maximum absolute atomic E-state index is 5.54. The molecule has 0 saturated heterocycles. The summed E-state index contributed by atoms with van der Waals surface area (Å²) in [6.07, 6.45) is 4.54. The number of rotatable bonds is 6. The van der Waals surface area contributed by atoms with Crippen LogP contribution in [0.5, 0.6) is 0 Å². The quantitative estimate of drug-likeness (QED) is 0.380. The van der Waals surface area contributed by atoms with Crippen molar-refractivity contribution in [2.24, 2.45) is 0 Å². The third kappa shape index (κ3) is 7.12. The number of aryl methyl sites for hydroxylation is 1. The average Bonchev–Trinajstić information content (AvgIpc) is 2.34. The van der Waals surface area contributed by atoms with Crippen molar-refractivity contribution >= 4 is 35.2 Å². The van der Waals surface area contributed by atoms with Crippen molar-refractivity contribution in [2.75, 3.05) is 6.61 Å². The predicted molar refractivity (Wildman–Crippen MR) is 81.2 cm³/mol. The Hall–Kier alpha value is -0.410. The lowest BCUT2D eigenvalue weighted by Gasteiger charge is -2.01. The average molecular weight is 303 g/mol. The number of allylic oxidation sites excluding steroid dienone is 2. The van der Waals surface area contributed by atoms with Gasteiger partial charge in [0.25, 0.3) is 0 Å². The van der Waals surface area contributed by atoms with Gasteiger partial charge in [-0.3, -0.25) is 0 Å². The Morgan fingerprint density at radius 3 is 2.50 bits per heavy atom. The van der Waals surface area contributed by atoms with Crippen molar-refractivity contribution < 1.29 is 4.18 Å². The molecule has 0 fully saturated rings. The van der Waals surface area contributed by atoms with Gasteiger partial charge < -0.3 is 4.18 Å². The van der Waals surface area contributed by atoms with Gasteiger partial charge in [-0.05, 0) is 32.4 Å². The van der Waals surface area contributed by atoms with Crippen LogP contribution in [0.3, 0.4) is 0 Å². The lowest BCUT2D eigenvalue weighted by atomic mass is 10.2. The zero-order chi connectivity index (χ0) is 13.4. The van der Waals surface area contributed by atoms with Crippen LogP contribution in [0.4, 0.5) is 0 Å². The summed E-state index contributed by atoms with van der Waals surface area (Å²) in [6, 6.07) is 8.24. The van der Waals surface area contributed by atoms with Crippen LogP contribution in [-0.2, 0) is 4.18 Å². The molecule has 0 aliphatic carbocycles. The largest absolute Gasteiger partial charge is 0.306 e. The van der Waals surface area contributed by atoms with E-state index in [0.29, 0.717) is 11.1 Å². The van der Waals surface area contributed by atoms with Gasteiger partial charge in [0.2, 0.25) is 0 Å². The molecule has 0 heterocycles. The molecule has 0 aromatic heterocycles. The van der Waals surface area contributed by atoms with Gasteiger partial charge in [0.05, 0.1) is 6.61 Å². The second-order valence-corrected chi connectivity index (χ2v) is 5.81. The maximum atomic E-state index is 5.54. The van der Waals surface area contributed by atoms with E-state index in [1.807, 2.05) is 25.1 Å². The first kappa shape index (κ1) is 15.6. The molecule has 1 aromatic rings. The highest BCUT2D eigenvalue weighted by atomic mass is 35.5. The molecule has 0 spiro atoms. The Morgan fingerprint density at radius 2 is 1.89 bits per heavy atom. The first-order chi connectivity index (χ1) is 8.58. The summed E-state index contributed by atoms with van der Waals surface area (Å²) in [4.78, 5) is 1.11. The summed E-state index contributed by atoms with van der Waals surface area (Å²) in [6.45, 7) is 4.65. The second-order valence-electron chi connectivity index (χ2n) is 3.93. The molecule has 1 aromatic carbocycles. The minimum absolute atomic E-state index is 0.303. The van der Waals surface area contributed by atoms with Gasteiger partial charge in [-0.25, -0.2) is 0 Å². The normalized spacial score (nSPS) is 11.4. The Morgan fingerprint density at radius 1 is 1.22 bits per heavy atom. The molecule has 0 aliphatic rings. The summed E-state index contributed by atoms with van der Waals surface area (Å²) in [5.74, 6) is 0. The summed E-state index contributed by atoms with van der Waals surface area (Å²) < 4.78 is 5.79. The molecule has 0 radical (unpaired) electrons. The summed E-state index contributed by atoms with van der Waals surface area (Å²) in [5, 5.41) is 0. The highest BCUT2D eigenvalue weighted by Crippen LogP contribution is 2.19. The highest BCUT2D eigenvalue weighted by Gasteiger charge is 1.94. The van der Waals surface area contributed by atoms with Gasteiger partial charge in [-0.15, -0.1) is 0 Å². The van der Waals surface area contributed by atoms with Crippen LogP contribution in [0.1, 0.15) is 18.9 Å². The van der Waals surface area contributed by atoms with Gasteiger partial charge in [-0.1, -0.05) is 58.6 Å². The van der Waals surface area contributed by atoms with Gasteiger partial charge in [0.1, 0.15) is 4.49 Å². The molecule has 1 nitrogen and oxygen atoms in total. The lowest BCUT2D eigenvalue weighted by molar-refractivity contribution is 0.427. The first-order valence-corrected chi connectivity index (χ1v) is 7.10. The zero-order valence-corrected chi connectivity index (χ0v) is 12.8. The van der Waals surface area contributed by atoms with E-state index in [9.17, 15) is 0 Å². The molecular formula is C14H16Cl2OS. The van der Waals surface area contributed by atoms with Crippen molar-refractivity contribution in [1.82, 2.24) is 0 Å². The lowest BCUT2D eigenvalue weighted by Crippen LogP contribution is -1.84. The standard InChI is InChI=1S/C14H16Cl2OS/c1-11-3-6-13(7-4-11)18-17-10-9-12(2)5-8-14(15)16/h3-4,6-9H,5,10H2,1-2H3. The van der Waals surface area contributed by atoms with E-state index in [2.05, 4.69) is 19.1 Å². The molecule has 4 heteroatoms. The summed E-state index contributed by atoms with van der Waals surface area (Å²) >= 11 is 12.5. The van der Waals surface area contributed by atoms with E-state index < -0.39 is 0 Å². The molecule has 0 amide bonds. The first-order valence-electron chi connectivity index (χ1n) is 5.61. The number of benzene rings is 1. The molecule has 0 atom stereocenters. The fraction of sp³-hybridized carbons (Fsp3) is 0.286. The van der Waals surface area contributed by atoms with Crippen LogP contribution in [0.2, 0.25) is 0 Å². The smallest absolute Gasteiger partial charge is 0.103 e. The van der Waals surface area contributed by atoms with Gasteiger partial charge in [0.15, 0.2) is 0 Å². The predicted octanol–water partition coefficient (Wildman–Crippen LogP) is 5.67. The van der Waals surface area contributed by atoms with Crippen LogP contribution < -0.4 is 0 Å². The van der Waals surface area contributed by atoms with E-state index in [1.165, 1.54) is 23.2 Å². The fourth-order valence-corrected chi connectivity index (χ4v) is 1.87. The Kier molecular flexibility index (Phi) is 7.52. The SMILES string of the molecule is CC(=CCOSc1ccc(C)cc1)CC=C(Cl)Cl. The van der Waals surface area contributed by atoms with Crippen LogP contribution in [0.25, 0.3) is 0 Å². The van der Waals surface area contributed by atoms with Gasteiger partial charge >= 0.3 is 0 Å². The number of halogens is 2. The minimum Gasteiger partial charge on any atom is -0.306 e. The highest BCUT2D eigenvalue weighted by molar-refractivity contribution is 7.94. The molecule has 18 heavy (non-hydrogen) atoms. The van der Waals surface area contributed by atoms with Gasteiger partial charge in [-0.2, -0.15) is 0 Å². The van der Waals surface area contributed by atoms with E-state index in [1.54, 1.807) is 6.08 Å². The van der Waals surface area contributed by atoms with Crippen molar-refractivity contribution in [3.8, 4) is 0 Å². The topological polar surface area (TPSA) is 9.23 Å². The maximum Gasteiger partial charge on any atom is 0.103 e. The fourth-order valence-electron chi connectivity index (χ4n) is 1.19. The number of hydrogen-bond donors (Lipinski definition) is 0. The van der Waals surface area contributed by atoms with E-state index in [0.717, 1.165) is 11.3 Å². The molecule has 1 rings (SSSR count). The molecule has 0 saturated carbocycles. The van der Waals surface area contributed by atoms with Crippen LogP contribution in [0.15, 0.2) is 51.4 Å². The Balaban J connectivity index is 2.27. The van der Waals surface area contributed by atoms with Crippen LogP contribution >= 0.6 is 35.2 Å². The van der Waals surface area contributed by atoms with E-state index in [4.69, 9.17) is 27.4 Å². The van der Waals surface area contributed by atoms with Crippen LogP contribution in [-0.4, -0.2) is 6.61 Å². The molecule has 98 valence electrons. The third-order valence-electron chi connectivity index (χ3n) is 2.25. The van der Waals surface area contributed by atoms with Crippen molar-refractivity contribution in [3.63, 3.8) is 0 Å². The molecule has 0 bridgehead atoms. The Labute approximate surface area is 123 Å². The molecular weight excluding hydrogens is 287 g/mol. The Bertz CT molecular complexity index is 420. The zero-order valence-electron chi connectivity index (χ0n) is 10.5. The third-order valence-corrected chi connectivity index (χ3v) is 3.28. The van der Waals surface area contributed by atoms with Crippen molar-refractivity contribution in [2.45, 2.75) is 25.2 Å². The summed E-state index contributed by atoms with van der Waals surface area (Å²) in [7, 11) is 0. The molecule has 0 aliphatic heterocycles. The van der Waals surface area contributed by atoms with Gasteiger partial charge in [0, 0.05) is 16.9 Å². The van der Waals surface area contributed by atoms with E-state index in [-0.39, 0.29) is 0 Å². The molecule has 0 N–H and O–H groups in total. The summed E-state index contributed by atoms with van der Waals surface area (Å²) in [5.41, 5.74) is 2.43. The van der Waals surface area contributed by atoms with Crippen molar-refractivity contribution in [3.05, 3.63) is 52.0 Å². The van der Waals surface area contributed by atoms with E-state index >= 15 is 0 Å². The van der Waals surface area contributed by atoms with Crippen molar-refractivity contribution in [1.29, 1.82) is 0 Å². The number of hydrogen-bond acceptors (Lipinski definition) is 2.